The van der Waals surface area contributed by atoms with Crippen LogP contribution in [0.5, 0.6) is 0 Å². The minimum atomic E-state index is -0.599. The minimum Gasteiger partial charge on any atom is -0.433 e. The van der Waals surface area contributed by atoms with Gasteiger partial charge in [0.1, 0.15) is 12.2 Å². The smallest absolute Gasteiger partial charge is 0.433 e. The molecule has 2 heterocycles. The van der Waals surface area contributed by atoms with Crippen LogP contribution in [0.4, 0.5) is 4.79 Å². The van der Waals surface area contributed by atoms with Gasteiger partial charge in [0.15, 0.2) is 11.6 Å². The molecule has 0 atom stereocenters. The number of rotatable bonds is 3. The summed E-state index contributed by atoms with van der Waals surface area (Å²) in [5, 5.41) is 9.71. The first-order valence-corrected chi connectivity index (χ1v) is 15.0. The molecule has 0 unspecified atom stereocenters. The highest BCUT2D eigenvalue weighted by Gasteiger charge is 2.46. The molecule has 0 aromatic heterocycles. The van der Waals surface area contributed by atoms with Crippen LogP contribution in [-0.2, 0) is 28.4 Å². The molecule has 222 valence electrons. The first-order valence-electron chi connectivity index (χ1n) is 15.0. The van der Waals surface area contributed by atoms with Crippen LogP contribution < -0.4 is 0 Å². The largest absolute Gasteiger partial charge is 0.508 e. The van der Waals surface area contributed by atoms with E-state index < -0.39 is 23.1 Å². The molecule has 1 N–H and O–H groups in total. The summed E-state index contributed by atoms with van der Waals surface area (Å²) in [6.07, 6.45) is 5.52. The van der Waals surface area contributed by atoms with Crippen molar-refractivity contribution in [3.63, 3.8) is 0 Å². The number of fused-ring (bicyclic) bond motifs is 3. The summed E-state index contributed by atoms with van der Waals surface area (Å²) in [6.45, 7) is 6.84. The lowest BCUT2D eigenvalue weighted by molar-refractivity contribution is -0.202. The first-order chi connectivity index (χ1) is 19.7. The van der Waals surface area contributed by atoms with Gasteiger partial charge in [-0.25, -0.2) is 4.79 Å². The van der Waals surface area contributed by atoms with E-state index >= 15 is 0 Å². The third kappa shape index (κ3) is 6.18. The Hall–Kier alpha value is -2.49. The zero-order valence-corrected chi connectivity index (χ0v) is 24.2. The molecule has 4 fully saturated rings. The maximum atomic E-state index is 12.5. The normalized spacial score (nSPS) is 27.1. The van der Waals surface area contributed by atoms with E-state index in [1.807, 2.05) is 38.1 Å². The van der Waals surface area contributed by atoms with Crippen LogP contribution in [0, 0.1) is 0 Å². The topological polar surface area (TPSA) is 92.7 Å². The van der Waals surface area contributed by atoms with Crippen molar-refractivity contribution in [2.75, 3.05) is 33.0 Å². The second-order valence-corrected chi connectivity index (χ2v) is 12.6. The van der Waals surface area contributed by atoms with Crippen LogP contribution in [0.3, 0.4) is 0 Å². The number of ether oxygens (including phenoxy) is 6. The molecular formula is C33H42O8. The zero-order chi connectivity index (χ0) is 28.6. The number of aliphatic hydroxyl groups is 1. The summed E-state index contributed by atoms with van der Waals surface area (Å²) in [5.74, 6) is -0.760. The SMILES string of the molecule is CC1(O)CCC2(CC1)OCCO2.CC1(OC(=O)OCC2c3ccccc3-c3ccccc32)CCC2(CC1)OCCO2. The Morgan fingerprint density at radius 1 is 0.732 bits per heavy atom. The second kappa shape index (κ2) is 11.3. The summed E-state index contributed by atoms with van der Waals surface area (Å²) < 4.78 is 34.0. The van der Waals surface area contributed by atoms with E-state index in [0.29, 0.717) is 39.3 Å². The number of hydrogen-bond acceptors (Lipinski definition) is 8. The minimum absolute atomic E-state index is 0.0395. The fourth-order valence-corrected chi connectivity index (χ4v) is 6.82. The van der Waals surface area contributed by atoms with Crippen LogP contribution in [0.15, 0.2) is 48.5 Å². The third-order valence-corrected chi connectivity index (χ3v) is 9.45. The molecule has 41 heavy (non-hydrogen) atoms. The number of carbonyl (C=O) groups excluding carboxylic acids is 1. The molecule has 7 rings (SSSR count). The Morgan fingerprint density at radius 2 is 1.17 bits per heavy atom. The molecule has 2 saturated carbocycles. The van der Waals surface area contributed by atoms with Crippen LogP contribution in [0.25, 0.3) is 11.1 Å². The van der Waals surface area contributed by atoms with Crippen LogP contribution in [-0.4, -0.2) is 67.1 Å². The van der Waals surface area contributed by atoms with Crippen molar-refractivity contribution in [3.8, 4) is 11.1 Å². The molecule has 3 aliphatic carbocycles. The van der Waals surface area contributed by atoms with Gasteiger partial charge in [-0.1, -0.05) is 48.5 Å². The van der Waals surface area contributed by atoms with E-state index in [1.165, 1.54) is 22.3 Å². The molecule has 8 nitrogen and oxygen atoms in total. The van der Waals surface area contributed by atoms with Gasteiger partial charge in [-0.2, -0.15) is 0 Å². The molecule has 5 aliphatic rings. The number of carbonyl (C=O) groups is 1. The maximum absolute atomic E-state index is 12.5. The lowest BCUT2D eigenvalue weighted by Crippen LogP contribution is -2.44. The van der Waals surface area contributed by atoms with Crippen molar-refractivity contribution in [1.82, 2.24) is 0 Å². The van der Waals surface area contributed by atoms with Gasteiger partial charge in [0.05, 0.1) is 32.0 Å². The van der Waals surface area contributed by atoms with Crippen molar-refractivity contribution in [2.24, 2.45) is 0 Å². The molecule has 8 heteroatoms. The quantitative estimate of drug-likeness (QED) is 0.447. The Bertz CT molecular complexity index is 1160. The molecule has 2 saturated heterocycles. The van der Waals surface area contributed by atoms with Crippen molar-refractivity contribution < 1.29 is 38.3 Å². The summed E-state index contributed by atoms with van der Waals surface area (Å²) >= 11 is 0. The van der Waals surface area contributed by atoms with Crippen molar-refractivity contribution in [2.45, 2.75) is 93.9 Å². The van der Waals surface area contributed by atoms with Crippen LogP contribution >= 0.6 is 0 Å². The van der Waals surface area contributed by atoms with Gasteiger partial charge in [-0.3, -0.25) is 0 Å². The van der Waals surface area contributed by atoms with Crippen molar-refractivity contribution in [1.29, 1.82) is 0 Å². The summed E-state index contributed by atoms with van der Waals surface area (Å²) in [5.41, 5.74) is 3.78. The van der Waals surface area contributed by atoms with E-state index in [4.69, 9.17) is 28.4 Å². The van der Waals surface area contributed by atoms with Gasteiger partial charge < -0.3 is 33.5 Å². The van der Waals surface area contributed by atoms with Gasteiger partial charge in [0.2, 0.25) is 0 Å². The Labute approximate surface area is 242 Å². The molecule has 0 radical (unpaired) electrons. The number of benzene rings is 2. The molecule has 0 amide bonds. The Kier molecular flexibility index (Phi) is 7.89. The molecule has 2 aromatic carbocycles. The lowest BCUT2D eigenvalue weighted by atomic mass is 9.82. The summed E-state index contributed by atoms with van der Waals surface area (Å²) in [7, 11) is 0. The highest BCUT2D eigenvalue weighted by Crippen LogP contribution is 2.45. The molecule has 0 bridgehead atoms. The van der Waals surface area contributed by atoms with Crippen LogP contribution in [0.1, 0.15) is 82.3 Å². The van der Waals surface area contributed by atoms with Gasteiger partial charge >= 0.3 is 6.16 Å². The van der Waals surface area contributed by atoms with Gasteiger partial charge in [0.25, 0.3) is 0 Å². The second-order valence-electron chi connectivity index (χ2n) is 12.6. The monoisotopic (exact) mass is 566 g/mol. The van der Waals surface area contributed by atoms with Crippen molar-refractivity contribution >= 4 is 6.16 Å². The van der Waals surface area contributed by atoms with Crippen LogP contribution in [0.2, 0.25) is 0 Å². The fourth-order valence-electron chi connectivity index (χ4n) is 6.82. The average molecular weight is 567 g/mol. The van der Waals surface area contributed by atoms with Gasteiger partial charge in [-0.05, 0) is 61.8 Å². The first kappa shape index (κ1) is 28.6. The van der Waals surface area contributed by atoms with E-state index in [1.54, 1.807) is 0 Å². The third-order valence-electron chi connectivity index (χ3n) is 9.45. The van der Waals surface area contributed by atoms with Gasteiger partial charge in [0, 0.05) is 31.6 Å². The molecular weight excluding hydrogens is 524 g/mol. The number of hydrogen-bond donors (Lipinski definition) is 1. The molecule has 2 aliphatic heterocycles. The predicted molar refractivity (Wildman–Crippen MR) is 151 cm³/mol. The summed E-state index contributed by atoms with van der Waals surface area (Å²) in [4.78, 5) is 12.5. The van der Waals surface area contributed by atoms with E-state index in [-0.39, 0.29) is 18.3 Å². The Morgan fingerprint density at radius 3 is 1.66 bits per heavy atom. The zero-order valence-electron chi connectivity index (χ0n) is 24.2. The molecule has 2 spiro atoms. The maximum Gasteiger partial charge on any atom is 0.508 e. The van der Waals surface area contributed by atoms with Gasteiger partial charge in [-0.15, -0.1) is 0 Å². The van der Waals surface area contributed by atoms with E-state index in [0.717, 1.165) is 38.5 Å². The highest BCUT2D eigenvalue weighted by atomic mass is 16.7. The predicted octanol–water partition coefficient (Wildman–Crippen LogP) is 6.08. The summed E-state index contributed by atoms with van der Waals surface area (Å²) in [6, 6.07) is 16.6. The van der Waals surface area contributed by atoms with E-state index in [9.17, 15) is 9.90 Å². The fraction of sp³-hybridized carbons (Fsp3) is 0.606. The highest BCUT2D eigenvalue weighted by molar-refractivity contribution is 5.79. The lowest BCUT2D eigenvalue weighted by Gasteiger charge is -2.40. The Balaban J connectivity index is 0.000000210. The molecule has 2 aromatic rings. The standard InChI is InChI=1S/C24H26O5.C9H16O3/c1-23(10-12-24(13-11-23)27-14-15-28-24)29-22(25)26-16-21-19-8-4-2-6-17(19)18-7-3-5-9-20(18)21;1-8(10)2-4-9(5-3-8)11-6-7-12-9/h2-9,21H,10-16H2,1H3;10H,2-7H2,1H3. The van der Waals surface area contributed by atoms with E-state index in [2.05, 4.69) is 24.3 Å². The van der Waals surface area contributed by atoms with Crippen molar-refractivity contribution in [3.05, 3.63) is 59.7 Å². The average Bonchev–Trinajstić information content (AvgIpc) is 3.71.